The number of aromatic nitrogens is 1. The van der Waals surface area contributed by atoms with Gasteiger partial charge >= 0.3 is 0 Å². The predicted molar refractivity (Wildman–Crippen MR) is 77.2 cm³/mol. The molecule has 1 aromatic heterocycles. The summed E-state index contributed by atoms with van der Waals surface area (Å²) in [5.74, 6) is 1.45. The van der Waals surface area contributed by atoms with E-state index in [-0.39, 0.29) is 0 Å². The molecule has 0 aliphatic heterocycles. The number of nitrogens with zero attached hydrogens (tertiary/aromatic N) is 1. The molecule has 0 atom stereocenters. The second-order valence-electron chi connectivity index (χ2n) is 4.49. The van der Waals surface area contributed by atoms with Crippen LogP contribution in [0.15, 0.2) is 18.2 Å². The topological polar surface area (TPSA) is 43.4 Å². The summed E-state index contributed by atoms with van der Waals surface area (Å²) in [7, 11) is 5.24. The summed E-state index contributed by atoms with van der Waals surface area (Å²) >= 11 is 0. The van der Waals surface area contributed by atoms with Gasteiger partial charge in [-0.25, -0.2) is 0 Å². The molecule has 0 aliphatic rings. The molecular weight excluding hydrogens is 240 g/mol. The summed E-state index contributed by atoms with van der Waals surface area (Å²) in [6.07, 6.45) is 0.972. The minimum atomic E-state index is 0.713. The third-order valence-corrected chi connectivity index (χ3v) is 3.26. The van der Waals surface area contributed by atoms with E-state index in [1.165, 1.54) is 5.56 Å². The van der Waals surface area contributed by atoms with E-state index in [0.29, 0.717) is 5.75 Å². The van der Waals surface area contributed by atoms with Crippen LogP contribution in [-0.4, -0.2) is 32.8 Å². The lowest BCUT2D eigenvalue weighted by atomic mass is 10.1. The van der Waals surface area contributed by atoms with E-state index in [9.17, 15) is 0 Å². The fraction of sp³-hybridized carbons (Fsp3) is 0.400. The zero-order chi connectivity index (χ0) is 13.8. The van der Waals surface area contributed by atoms with Crippen LogP contribution in [0.1, 0.15) is 11.3 Å². The SMILES string of the molecule is CNCCc1cc2cc(OC)c(OC)cc2nc1C. The van der Waals surface area contributed by atoms with Gasteiger partial charge in [0.05, 0.1) is 19.7 Å². The molecule has 19 heavy (non-hydrogen) atoms. The molecule has 1 heterocycles. The first kappa shape index (κ1) is 13.6. The van der Waals surface area contributed by atoms with Crippen molar-refractivity contribution in [1.82, 2.24) is 10.3 Å². The van der Waals surface area contributed by atoms with Crippen molar-refractivity contribution in [2.45, 2.75) is 13.3 Å². The van der Waals surface area contributed by atoms with Gasteiger partial charge in [-0.1, -0.05) is 0 Å². The molecule has 4 nitrogen and oxygen atoms in total. The molecule has 0 saturated carbocycles. The van der Waals surface area contributed by atoms with E-state index < -0.39 is 0 Å². The highest BCUT2D eigenvalue weighted by atomic mass is 16.5. The van der Waals surface area contributed by atoms with Crippen LogP contribution in [0.4, 0.5) is 0 Å². The Kier molecular flexibility index (Phi) is 4.22. The quantitative estimate of drug-likeness (QED) is 0.896. The Bertz CT molecular complexity index is 582. The second kappa shape index (κ2) is 5.89. The summed E-state index contributed by atoms with van der Waals surface area (Å²) in [6.45, 7) is 2.99. The fourth-order valence-electron chi connectivity index (χ4n) is 2.15. The number of benzene rings is 1. The molecule has 0 fully saturated rings. The van der Waals surface area contributed by atoms with Crippen molar-refractivity contribution in [1.29, 1.82) is 0 Å². The molecule has 4 heteroatoms. The average molecular weight is 260 g/mol. The first-order valence-electron chi connectivity index (χ1n) is 6.36. The number of ether oxygens (including phenoxy) is 2. The van der Waals surface area contributed by atoms with Gasteiger partial charge in [-0.05, 0) is 44.6 Å². The van der Waals surface area contributed by atoms with E-state index in [4.69, 9.17) is 9.47 Å². The van der Waals surface area contributed by atoms with Crippen LogP contribution in [0.3, 0.4) is 0 Å². The van der Waals surface area contributed by atoms with E-state index >= 15 is 0 Å². The number of hydrogen-bond acceptors (Lipinski definition) is 4. The summed E-state index contributed by atoms with van der Waals surface area (Å²) in [4.78, 5) is 4.65. The molecule has 0 radical (unpaired) electrons. The lowest BCUT2D eigenvalue weighted by Gasteiger charge is -2.11. The molecule has 2 rings (SSSR count). The molecule has 0 unspecified atom stereocenters. The predicted octanol–water partition coefficient (Wildman–Crippen LogP) is 2.32. The van der Waals surface area contributed by atoms with Crippen LogP contribution < -0.4 is 14.8 Å². The lowest BCUT2D eigenvalue weighted by molar-refractivity contribution is 0.356. The molecule has 0 bridgehead atoms. The summed E-state index contributed by atoms with van der Waals surface area (Å²) in [6, 6.07) is 6.07. The Morgan fingerprint density at radius 1 is 1.11 bits per heavy atom. The second-order valence-corrected chi connectivity index (χ2v) is 4.49. The van der Waals surface area contributed by atoms with Gasteiger partial charge in [0.15, 0.2) is 11.5 Å². The van der Waals surface area contributed by atoms with Crippen molar-refractivity contribution in [2.24, 2.45) is 0 Å². The van der Waals surface area contributed by atoms with Crippen molar-refractivity contribution in [2.75, 3.05) is 27.8 Å². The van der Waals surface area contributed by atoms with Crippen LogP contribution in [0.25, 0.3) is 10.9 Å². The van der Waals surface area contributed by atoms with E-state index in [0.717, 1.165) is 35.3 Å². The lowest BCUT2D eigenvalue weighted by Crippen LogP contribution is -2.11. The molecule has 2 aromatic rings. The van der Waals surface area contributed by atoms with Gasteiger partial charge in [0.1, 0.15) is 0 Å². The number of hydrogen-bond donors (Lipinski definition) is 1. The highest BCUT2D eigenvalue weighted by Crippen LogP contribution is 2.32. The standard InChI is InChI=1S/C15H20N2O2/c1-10-11(5-6-16-2)7-12-8-14(18-3)15(19-4)9-13(12)17-10/h7-9,16H,5-6H2,1-4H3. The Labute approximate surface area is 113 Å². The maximum absolute atomic E-state index is 5.33. The van der Waals surface area contributed by atoms with Gasteiger partial charge in [0.25, 0.3) is 0 Å². The molecule has 1 aromatic carbocycles. The third kappa shape index (κ3) is 2.79. The van der Waals surface area contributed by atoms with E-state index in [2.05, 4.69) is 16.4 Å². The third-order valence-electron chi connectivity index (χ3n) is 3.26. The highest BCUT2D eigenvalue weighted by molar-refractivity contribution is 5.83. The fourth-order valence-corrected chi connectivity index (χ4v) is 2.15. The Morgan fingerprint density at radius 2 is 1.79 bits per heavy atom. The first-order valence-corrected chi connectivity index (χ1v) is 6.36. The molecule has 1 N–H and O–H groups in total. The normalized spacial score (nSPS) is 10.7. The zero-order valence-electron chi connectivity index (χ0n) is 11.9. The van der Waals surface area contributed by atoms with Crippen LogP contribution in [-0.2, 0) is 6.42 Å². The van der Waals surface area contributed by atoms with Gasteiger partial charge in [-0.2, -0.15) is 0 Å². The smallest absolute Gasteiger partial charge is 0.162 e. The minimum absolute atomic E-state index is 0.713. The van der Waals surface area contributed by atoms with E-state index in [1.807, 2.05) is 26.1 Å². The van der Waals surface area contributed by atoms with Crippen LogP contribution in [0.5, 0.6) is 11.5 Å². The zero-order valence-corrected chi connectivity index (χ0v) is 11.9. The number of rotatable bonds is 5. The van der Waals surface area contributed by atoms with Gasteiger partial charge in [0.2, 0.25) is 0 Å². The number of aryl methyl sites for hydroxylation is 1. The highest BCUT2D eigenvalue weighted by Gasteiger charge is 2.09. The maximum atomic E-state index is 5.33. The number of fused-ring (bicyclic) bond motifs is 1. The minimum Gasteiger partial charge on any atom is -0.493 e. The van der Waals surface area contributed by atoms with Crippen molar-refractivity contribution in [3.8, 4) is 11.5 Å². The molecular formula is C15H20N2O2. The number of methoxy groups -OCH3 is 2. The van der Waals surface area contributed by atoms with Crippen LogP contribution >= 0.6 is 0 Å². The number of likely N-dealkylation sites (N-methyl/N-ethyl adjacent to an activating group) is 1. The number of pyridine rings is 1. The number of nitrogens with one attached hydrogen (secondary N) is 1. The first-order chi connectivity index (χ1) is 9.19. The van der Waals surface area contributed by atoms with Crippen LogP contribution in [0, 0.1) is 6.92 Å². The molecule has 0 saturated heterocycles. The summed E-state index contributed by atoms with van der Waals surface area (Å²) in [5.41, 5.74) is 3.26. The Morgan fingerprint density at radius 3 is 2.42 bits per heavy atom. The largest absolute Gasteiger partial charge is 0.493 e. The van der Waals surface area contributed by atoms with Crippen molar-refractivity contribution in [3.63, 3.8) is 0 Å². The monoisotopic (exact) mass is 260 g/mol. The van der Waals surface area contributed by atoms with Crippen molar-refractivity contribution in [3.05, 3.63) is 29.5 Å². The summed E-state index contributed by atoms with van der Waals surface area (Å²) < 4.78 is 10.6. The van der Waals surface area contributed by atoms with Gasteiger partial charge in [-0.3, -0.25) is 4.98 Å². The summed E-state index contributed by atoms with van der Waals surface area (Å²) in [5, 5.41) is 4.24. The molecule has 0 spiro atoms. The van der Waals surface area contributed by atoms with Gasteiger partial charge in [-0.15, -0.1) is 0 Å². The molecule has 0 amide bonds. The molecule has 102 valence electrons. The van der Waals surface area contributed by atoms with Crippen molar-refractivity contribution < 1.29 is 9.47 Å². The Balaban J connectivity index is 2.52. The Hall–Kier alpha value is -1.81. The molecule has 0 aliphatic carbocycles. The van der Waals surface area contributed by atoms with Gasteiger partial charge in [0, 0.05) is 17.1 Å². The van der Waals surface area contributed by atoms with E-state index in [1.54, 1.807) is 14.2 Å². The maximum Gasteiger partial charge on any atom is 0.162 e. The average Bonchev–Trinajstić information content (AvgIpc) is 2.43. The van der Waals surface area contributed by atoms with Crippen molar-refractivity contribution >= 4 is 10.9 Å². The van der Waals surface area contributed by atoms with Gasteiger partial charge < -0.3 is 14.8 Å². The van der Waals surface area contributed by atoms with Crippen LogP contribution in [0.2, 0.25) is 0 Å².